The van der Waals surface area contributed by atoms with Crippen LogP contribution >= 0.6 is 0 Å². The van der Waals surface area contributed by atoms with Gasteiger partial charge in [-0.1, -0.05) is 13.3 Å². The zero-order chi connectivity index (χ0) is 16.7. The number of ether oxygens (including phenoxy) is 2. The van der Waals surface area contributed by atoms with Crippen molar-refractivity contribution in [2.45, 2.75) is 19.8 Å². The zero-order valence-corrected chi connectivity index (χ0v) is 13.0. The molecule has 1 amide bonds. The number of H-pyrrole nitrogens is 1. The SMILES string of the molecule is CCCCOC(=O)Nc1nc(-c2ccc(=O)[nH]n2)ccc1OC. The number of methoxy groups -OCH3 is 1. The van der Waals surface area contributed by atoms with Crippen molar-refractivity contribution in [3.63, 3.8) is 0 Å². The number of anilines is 1. The van der Waals surface area contributed by atoms with Crippen LogP contribution in [-0.2, 0) is 4.74 Å². The van der Waals surface area contributed by atoms with Gasteiger partial charge in [-0.15, -0.1) is 0 Å². The maximum Gasteiger partial charge on any atom is 0.412 e. The Labute approximate surface area is 132 Å². The summed E-state index contributed by atoms with van der Waals surface area (Å²) in [6.07, 6.45) is 1.12. The molecular formula is C15H18N4O4. The van der Waals surface area contributed by atoms with Crippen LogP contribution in [0.2, 0.25) is 0 Å². The molecule has 2 heterocycles. The third-order valence-electron chi connectivity index (χ3n) is 2.97. The van der Waals surface area contributed by atoms with Crippen molar-refractivity contribution in [3.8, 4) is 17.1 Å². The van der Waals surface area contributed by atoms with Crippen LogP contribution < -0.4 is 15.6 Å². The number of nitrogens with one attached hydrogen (secondary N) is 2. The number of rotatable bonds is 6. The summed E-state index contributed by atoms with van der Waals surface area (Å²) in [5, 5.41) is 8.78. The highest BCUT2D eigenvalue weighted by atomic mass is 16.5. The fourth-order valence-electron chi connectivity index (χ4n) is 1.77. The van der Waals surface area contributed by atoms with Gasteiger partial charge in [0, 0.05) is 6.07 Å². The van der Waals surface area contributed by atoms with E-state index < -0.39 is 6.09 Å². The molecule has 2 aromatic heterocycles. The first-order valence-electron chi connectivity index (χ1n) is 7.19. The Morgan fingerprint density at radius 1 is 1.26 bits per heavy atom. The molecule has 0 saturated heterocycles. The van der Waals surface area contributed by atoms with Crippen molar-refractivity contribution in [2.75, 3.05) is 19.0 Å². The topological polar surface area (TPSA) is 106 Å². The van der Waals surface area contributed by atoms with Crippen molar-refractivity contribution >= 4 is 11.9 Å². The molecular weight excluding hydrogens is 300 g/mol. The van der Waals surface area contributed by atoms with E-state index in [9.17, 15) is 9.59 Å². The lowest BCUT2D eigenvalue weighted by Gasteiger charge is -2.11. The summed E-state index contributed by atoms with van der Waals surface area (Å²) in [6.45, 7) is 2.35. The first kappa shape index (κ1) is 16.5. The van der Waals surface area contributed by atoms with E-state index in [2.05, 4.69) is 20.5 Å². The number of aromatic amines is 1. The van der Waals surface area contributed by atoms with Gasteiger partial charge in [-0.25, -0.2) is 14.9 Å². The molecule has 0 saturated carbocycles. The van der Waals surface area contributed by atoms with E-state index in [1.165, 1.54) is 19.2 Å². The molecule has 122 valence electrons. The van der Waals surface area contributed by atoms with E-state index in [0.717, 1.165) is 12.8 Å². The van der Waals surface area contributed by atoms with Crippen LogP contribution in [0.25, 0.3) is 11.4 Å². The molecule has 0 aliphatic heterocycles. The molecule has 23 heavy (non-hydrogen) atoms. The molecule has 0 atom stereocenters. The van der Waals surface area contributed by atoms with Crippen LogP contribution in [0, 0.1) is 0 Å². The molecule has 0 unspecified atom stereocenters. The van der Waals surface area contributed by atoms with Crippen LogP contribution in [0.15, 0.2) is 29.1 Å². The molecule has 0 radical (unpaired) electrons. The van der Waals surface area contributed by atoms with Crippen LogP contribution in [-0.4, -0.2) is 35.0 Å². The Kier molecular flexibility index (Phi) is 5.67. The molecule has 2 rings (SSSR count). The number of carbonyl (C=O) groups excluding carboxylic acids is 1. The Morgan fingerprint density at radius 2 is 2.04 bits per heavy atom. The van der Waals surface area contributed by atoms with Gasteiger partial charge >= 0.3 is 6.09 Å². The molecule has 0 aromatic carbocycles. The van der Waals surface area contributed by atoms with Crippen LogP contribution in [0.4, 0.5) is 10.6 Å². The predicted octanol–water partition coefficient (Wildman–Crippen LogP) is 2.19. The summed E-state index contributed by atoms with van der Waals surface area (Å²) in [5.41, 5.74) is 0.640. The van der Waals surface area contributed by atoms with Gasteiger partial charge in [0.2, 0.25) is 0 Å². The lowest BCUT2D eigenvalue weighted by molar-refractivity contribution is 0.159. The smallest absolute Gasteiger partial charge is 0.412 e. The molecule has 0 aliphatic rings. The Hall–Kier alpha value is -2.90. The number of carbonyl (C=O) groups is 1. The summed E-state index contributed by atoms with van der Waals surface area (Å²) in [4.78, 5) is 27.1. The van der Waals surface area contributed by atoms with Crippen LogP contribution in [0.1, 0.15) is 19.8 Å². The minimum atomic E-state index is -0.601. The summed E-state index contributed by atoms with van der Waals surface area (Å²) >= 11 is 0. The summed E-state index contributed by atoms with van der Waals surface area (Å²) < 4.78 is 10.2. The second-order valence-corrected chi connectivity index (χ2v) is 4.67. The fraction of sp³-hybridized carbons (Fsp3) is 0.333. The van der Waals surface area contributed by atoms with Gasteiger partial charge < -0.3 is 9.47 Å². The largest absolute Gasteiger partial charge is 0.493 e. The summed E-state index contributed by atoms with van der Waals surface area (Å²) in [5.74, 6) is 0.616. The minimum absolute atomic E-state index is 0.222. The Balaban J connectivity index is 2.20. The van der Waals surface area contributed by atoms with Crippen molar-refractivity contribution in [1.82, 2.24) is 15.2 Å². The van der Waals surface area contributed by atoms with Gasteiger partial charge in [0.05, 0.1) is 19.4 Å². The third-order valence-corrected chi connectivity index (χ3v) is 2.97. The standard InChI is InChI=1S/C15H18N4O4/c1-3-4-9-23-15(21)17-14-12(22-2)7-5-10(16-14)11-6-8-13(20)19-18-11/h5-8H,3-4,9H2,1-2H3,(H,19,20)(H,16,17,21). The molecule has 2 aromatic rings. The number of aromatic nitrogens is 3. The lowest BCUT2D eigenvalue weighted by atomic mass is 10.2. The fourth-order valence-corrected chi connectivity index (χ4v) is 1.77. The molecule has 0 aliphatic carbocycles. The van der Waals surface area contributed by atoms with Crippen molar-refractivity contribution in [3.05, 3.63) is 34.6 Å². The number of pyridine rings is 1. The second-order valence-electron chi connectivity index (χ2n) is 4.67. The average Bonchev–Trinajstić information content (AvgIpc) is 2.56. The van der Waals surface area contributed by atoms with Gasteiger partial charge in [0.1, 0.15) is 5.69 Å². The van der Waals surface area contributed by atoms with Gasteiger partial charge in [-0.05, 0) is 24.6 Å². The molecule has 0 spiro atoms. The lowest BCUT2D eigenvalue weighted by Crippen LogP contribution is -2.16. The minimum Gasteiger partial charge on any atom is -0.493 e. The highest BCUT2D eigenvalue weighted by Gasteiger charge is 2.12. The van der Waals surface area contributed by atoms with E-state index in [1.54, 1.807) is 12.1 Å². The summed E-state index contributed by atoms with van der Waals surface area (Å²) in [7, 11) is 1.47. The summed E-state index contributed by atoms with van der Waals surface area (Å²) in [6, 6.07) is 6.21. The number of hydrogen-bond acceptors (Lipinski definition) is 6. The maximum atomic E-state index is 11.8. The molecule has 0 bridgehead atoms. The maximum absolute atomic E-state index is 11.8. The number of amides is 1. The van der Waals surface area contributed by atoms with Crippen molar-refractivity contribution < 1.29 is 14.3 Å². The highest BCUT2D eigenvalue weighted by molar-refractivity contribution is 5.85. The van der Waals surface area contributed by atoms with E-state index >= 15 is 0 Å². The van der Waals surface area contributed by atoms with Gasteiger partial charge in [-0.3, -0.25) is 10.1 Å². The second kappa shape index (κ2) is 7.92. The predicted molar refractivity (Wildman–Crippen MR) is 84.5 cm³/mol. The van der Waals surface area contributed by atoms with Gasteiger partial charge in [-0.2, -0.15) is 5.10 Å². The average molecular weight is 318 g/mol. The quantitative estimate of drug-likeness (QED) is 0.791. The molecule has 8 heteroatoms. The number of unbranched alkanes of at least 4 members (excludes halogenated alkanes) is 1. The zero-order valence-electron chi connectivity index (χ0n) is 13.0. The molecule has 2 N–H and O–H groups in total. The van der Waals surface area contributed by atoms with Crippen molar-refractivity contribution in [2.24, 2.45) is 0 Å². The first-order valence-corrected chi connectivity index (χ1v) is 7.19. The van der Waals surface area contributed by atoms with E-state index in [1.807, 2.05) is 6.92 Å². The highest BCUT2D eigenvalue weighted by Crippen LogP contribution is 2.25. The third kappa shape index (κ3) is 4.53. The number of hydrogen-bond donors (Lipinski definition) is 2. The van der Waals surface area contributed by atoms with E-state index in [4.69, 9.17) is 9.47 Å². The molecule has 0 fully saturated rings. The van der Waals surface area contributed by atoms with Crippen LogP contribution in [0.5, 0.6) is 5.75 Å². The first-order chi connectivity index (χ1) is 11.1. The monoisotopic (exact) mass is 318 g/mol. The van der Waals surface area contributed by atoms with E-state index in [0.29, 0.717) is 23.7 Å². The van der Waals surface area contributed by atoms with Crippen molar-refractivity contribution in [1.29, 1.82) is 0 Å². The number of nitrogens with zero attached hydrogens (tertiary/aromatic N) is 2. The van der Waals surface area contributed by atoms with Gasteiger partial charge in [0.15, 0.2) is 11.6 Å². The Bertz CT molecular complexity index is 709. The Morgan fingerprint density at radius 3 is 2.70 bits per heavy atom. The molecule has 8 nitrogen and oxygen atoms in total. The normalized spacial score (nSPS) is 10.2. The van der Waals surface area contributed by atoms with Gasteiger partial charge in [0.25, 0.3) is 5.56 Å². The van der Waals surface area contributed by atoms with E-state index in [-0.39, 0.29) is 11.4 Å². The van der Waals surface area contributed by atoms with Crippen LogP contribution in [0.3, 0.4) is 0 Å².